The highest BCUT2D eigenvalue weighted by molar-refractivity contribution is 9.10. The van der Waals surface area contributed by atoms with E-state index in [2.05, 4.69) is 15.9 Å². The lowest BCUT2D eigenvalue weighted by molar-refractivity contribution is 0.0696. The van der Waals surface area contributed by atoms with Crippen LogP contribution in [0.3, 0.4) is 0 Å². The van der Waals surface area contributed by atoms with Gasteiger partial charge in [-0.15, -0.1) is 0 Å². The predicted octanol–water partition coefficient (Wildman–Crippen LogP) is 4.53. The van der Waals surface area contributed by atoms with Crippen LogP contribution < -0.4 is 5.56 Å². The summed E-state index contributed by atoms with van der Waals surface area (Å²) in [6.45, 7) is 0.329. The Balaban J connectivity index is 1.78. The standard InChI is InChI=1S/C21H16BrNO3/c22-19-6-2-3-15(12-19)7-8-16-9-10-23(20(24)13-16)14-17-4-1-5-18(11-17)21(25)26/h1-13H,14H2,(H,25,26)/b8-7+. The number of rotatable bonds is 5. The van der Waals surface area contributed by atoms with Gasteiger partial charge in [0.1, 0.15) is 0 Å². The van der Waals surface area contributed by atoms with Crippen LogP contribution in [0.4, 0.5) is 0 Å². The van der Waals surface area contributed by atoms with Gasteiger partial charge in [-0.05, 0) is 47.0 Å². The molecule has 0 saturated heterocycles. The van der Waals surface area contributed by atoms with Crippen LogP contribution in [0.2, 0.25) is 0 Å². The normalized spacial score (nSPS) is 11.0. The summed E-state index contributed by atoms with van der Waals surface area (Å²) in [5.41, 5.74) is 2.69. The van der Waals surface area contributed by atoms with E-state index in [4.69, 9.17) is 5.11 Å². The molecule has 0 aliphatic carbocycles. The monoisotopic (exact) mass is 409 g/mol. The van der Waals surface area contributed by atoms with E-state index in [1.165, 1.54) is 6.07 Å². The van der Waals surface area contributed by atoms with Gasteiger partial charge in [-0.1, -0.05) is 52.3 Å². The van der Waals surface area contributed by atoms with E-state index in [9.17, 15) is 9.59 Å². The number of aromatic nitrogens is 1. The second-order valence-electron chi connectivity index (χ2n) is 5.82. The summed E-state index contributed by atoms with van der Waals surface area (Å²) in [7, 11) is 0. The van der Waals surface area contributed by atoms with Crippen molar-refractivity contribution in [3.05, 3.63) is 104 Å². The largest absolute Gasteiger partial charge is 0.478 e. The molecule has 0 bridgehead atoms. The molecule has 1 N–H and O–H groups in total. The molecule has 26 heavy (non-hydrogen) atoms. The zero-order valence-electron chi connectivity index (χ0n) is 13.8. The number of carboxylic acid groups (broad SMARTS) is 1. The molecule has 0 aliphatic rings. The third kappa shape index (κ3) is 4.58. The molecule has 0 unspecified atom stereocenters. The zero-order valence-corrected chi connectivity index (χ0v) is 15.4. The highest BCUT2D eigenvalue weighted by Gasteiger charge is 2.04. The van der Waals surface area contributed by atoms with Gasteiger partial charge in [0.05, 0.1) is 12.1 Å². The van der Waals surface area contributed by atoms with Gasteiger partial charge in [0.25, 0.3) is 5.56 Å². The van der Waals surface area contributed by atoms with E-state index in [1.807, 2.05) is 42.5 Å². The molecule has 5 heteroatoms. The molecular formula is C21H16BrNO3. The van der Waals surface area contributed by atoms with E-state index in [0.29, 0.717) is 6.54 Å². The first-order chi connectivity index (χ1) is 12.5. The molecule has 1 aromatic heterocycles. The molecule has 2 aromatic carbocycles. The van der Waals surface area contributed by atoms with Gasteiger partial charge in [-0.3, -0.25) is 4.79 Å². The van der Waals surface area contributed by atoms with E-state index in [0.717, 1.165) is 21.2 Å². The first-order valence-electron chi connectivity index (χ1n) is 7.98. The van der Waals surface area contributed by atoms with Crippen LogP contribution in [0, 0.1) is 0 Å². The Bertz CT molecular complexity index is 1040. The van der Waals surface area contributed by atoms with Crippen LogP contribution in [0.1, 0.15) is 27.0 Å². The Kier molecular flexibility index (Phi) is 5.49. The van der Waals surface area contributed by atoms with E-state index < -0.39 is 5.97 Å². The number of aromatic carboxylic acids is 1. The predicted molar refractivity (Wildman–Crippen MR) is 106 cm³/mol. The van der Waals surface area contributed by atoms with Crippen molar-refractivity contribution in [2.24, 2.45) is 0 Å². The lowest BCUT2D eigenvalue weighted by Gasteiger charge is -2.07. The lowest BCUT2D eigenvalue weighted by Crippen LogP contribution is -2.19. The fourth-order valence-electron chi connectivity index (χ4n) is 2.56. The second-order valence-corrected chi connectivity index (χ2v) is 6.74. The quantitative estimate of drug-likeness (QED) is 0.673. The third-order valence-corrected chi connectivity index (χ3v) is 4.36. The summed E-state index contributed by atoms with van der Waals surface area (Å²) in [5, 5.41) is 9.06. The summed E-state index contributed by atoms with van der Waals surface area (Å²) in [6, 6.07) is 17.9. The van der Waals surface area contributed by atoms with Crippen molar-refractivity contribution < 1.29 is 9.90 Å². The van der Waals surface area contributed by atoms with Crippen LogP contribution in [-0.2, 0) is 6.54 Å². The fraction of sp³-hybridized carbons (Fsp3) is 0.0476. The zero-order chi connectivity index (χ0) is 18.5. The lowest BCUT2D eigenvalue weighted by atomic mass is 10.1. The number of pyridine rings is 1. The van der Waals surface area contributed by atoms with Gasteiger partial charge in [0, 0.05) is 16.7 Å². The summed E-state index contributed by atoms with van der Waals surface area (Å²) in [4.78, 5) is 23.4. The first kappa shape index (κ1) is 17.9. The SMILES string of the molecule is O=C(O)c1cccc(Cn2ccc(/C=C/c3cccc(Br)c3)cc2=O)c1. The van der Waals surface area contributed by atoms with Crippen LogP contribution in [-0.4, -0.2) is 15.6 Å². The van der Waals surface area contributed by atoms with Gasteiger partial charge in [0.2, 0.25) is 0 Å². The third-order valence-electron chi connectivity index (χ3n) is 3.86. The van der Waals surface area contributed by atoms with E-state index in [1.54, 1.807) is 35.0 Å². The molecule has 4 nitrogen and oxygen atoms in total. The number of hydrogen-bond acceptors (Lipinski definition) is 2. The molecule has 0 radical (unpaired) electrons. The van der Waals surface area contributed by atoms with Crippen molar-refractivity contribution in [3.63, 3.8) is 0 Å². The van der Waals surface area contributed by atoms with Crippen molar-refractivity contribution in [3.8, 4) is 0 Å². The van der Waals surface area contributed by atoms with E-state index in [-0.39, 0.29) is 11.1 Å². The second kappa shape index (κ2) is 7.97. The molecule has 130 valence electrons. The van der Waals surface area contributed by atoms with Gasteiger partial charge in [-0.25, -0.2) is 4.79 Å². The summed E-state index contributed by atoms with van der Waals surface area (Å²) >= 11 is 3.43. The maximum atomic E-state index is 12.3. The number of carboxylic acids is 1. The minimum Gasteiger partial charge on any atom is -0.478 e. The average Bonchev–Trinajstić information content (AvgIpc) is 2.62. The Morgan fingerprint density at radius 2 is 1.73 bits per heavy atom. The Morgan fingerprint density at radius 1 is 1.00 bits per heavy atom. The van der Waals surface area contributed by atoms with Crippen molar-refractivity contribution in [2.75, 3.05) is 0 Å². The Hall–Kier alpha value is -2.92. The van der Waals surface area contributed by atoms with Crippen LogP contribution in [0.25, 0.3) is 12.2 Å². The molecule has 0 atom stereocenters. The van der Waals surface area contributed by atoms with Crippen LogP contribution >= 0.6 is 15.9 Å². The van der Waals surface area contributed by atoms with Gasteiger partial charge in [0.15, 0.2) is 0 Å². The van der Waals surface area contributed by atoms with Crippen LogP contribution in [0.5, 0.6) is 0 Å². The maximum absolute atomic E-state index is 12.3. The molecule has 0 saturated carbocycles. The summed E-state index contributed by atoms with van der Waals surface area (Å²) in [5.74, 6) is -0.979. The first-order valence-corrected chi connectivity index (χ1v) is 8.77. The summed E-state index contributed by atoms with van der Waals surface area (Å²) in [6.07, 6.45) is 5.55. The van der Waals surface area contributed by atoms with Crippen molar-refractivity contribution in [1.29, 1.82) is 0 Å². The van der Waals surface area contributed by atoms with Crippen LogP contribution in [0.15, 0.2) is 76.1 Å². The van der Waals surface area contributed by atoms with Gasteiger partial charge in [-0.2, -0.15) is 0 Å². The van der Waals surface area contributed by atoms with E-state index >= 15 is 0 Å². The highest BCUT2D eigenvalue weighted by atomic mass is 79.9. The number of halogens is 1. The van der Waals surface area contributed by atoms with Gasteiger partial charge >= 0.3 is 5.97 Å². The molecular weight excluding hydrogens is 394 g/mol. The summed E-state index contributed by atoms with van der Waals surface area (Å²) < 4.78 is 2.55. The van der Waals surface area contributed by atoms with Crippen molar-refractivity contribution in [1.82, 2.24) is 4.57 Å². The number of nitrogens with zero attached hydrogens (tertiary/aromatic N) is 1. The molecule has 0 spiro atoms. The Labute approximate surface area is 159 Å². The molecule has 0 amide bonds. The average molecular weight is 410 g/mol. The molecule has 1 heterocycles. The minimum atomic E-state index is -0.979. The molecule has 3 rings (SSSR count). The van der Waals surface area contributed by atoms with Crippen molar-refractivity contribution >= 4 is 34.1 Å². The van der Waals surface area contributed by atoms with Crippen molar-refractivity contribution in [2.45, 2.75) is 6.54 Å². The fourth-order valence-corrected chi connectivity index (χ4v) is 2.98. The van der Waals surface area contributed by atoms with Gasteiger partial charge < -0.3 is 9.67 Å². The Morgan fingerprint density at radius 3 is 2.42 bits per heavy atom. The molecule has 0 fully saturated rings. The maximum Gasteiger partial charge on any atom is 0.335 e. The number of carbonyl (C=O) groups is 1. The number of benzene rings is 2. The number of hydrogen-bond donors (Lipinski definition) is 1. The minimum absolute atomic E-state index is 0.137. The highest BCUT2D eigenvalue weighted by Crippen LogP contribution is 2.14. The topological polar surface area (TPSA) is 59.3 Å². The molecule has 0 aliphatic heterocycles. The molecule has 3 aromatic rings. The smallest absolute Gasteiger partial charge is 0.335 e.